The van der Waals surface area contributed by atoms with Crippen molar-refractivity contribution >= 4 is 14.5 Å². The van der Waals surface area contributed by atoms with Crippen molar-refractivity contribution in [3.63, 3.8) is 0 Å². The summed E-state index contributed by atoms with van der Waals surface area (Å²) in [5.41, 5.74) is 10.4. The number of rotatable bonds is 0. The zero-order valence-corrected chi connectivity index (χ0v) is 25.4. The first kappa shape index (κ1) is 27.7. The Balaban J connectivity index is 1.71. The van der Waals surface area contributed by atoms with E-state index in [0.717, 1.165) is 42.3 Å². The Labute approximate surface area is 250 Å². The molecule has 5 rings (SSSR count). The number of hydrogen-bond donors (Lipinski definition) is 0. The molecular formula is C40H28Se. The molecule has 0 nitrogen and oxygen atoms in total. The Bertz CT molecular complexity index is 1860. The second-order valence-electron chi connectivity index (χ2n) is 9.99. The normalized spacial score (nSPS) is 9.66. The van der Waals surface area contributed by atoms with E-state index in [1.165, 1.54) is 22.3 Å². The molecule has 1 heteroatoms. The van der Waals surface area contributed by atoms with Gasteiger partial charge in [0.05, 0.1) is 0 Å². The first-order chi connectivity index (χ1) is 19.9. The second kappa shape index (κ2) is 13.0. The quantitative estimate of drug-likeness (QED) is 0.130. The molecule has 1 aromatic heterocycles. The molecule has 0 amide bonds. The number of hydrogen-bond acceptors (Lipinski definition) is 0. The van der Waals surface area contributed by atoms with Crippen molar-refractivity contribution in [3.8, 4) is 47.4 Å². The molecule has 5 aromatic rings. The van der Waals surface area contributed by atoms with Gasteiger partial charge in [0.1, 0.15) is 0 Å². The molecule has 1 heterocycles. The summed E-state index contributed by atoms with van der Waals surface area (Å²) in [4.78, 5) is 0. The maximum absolute atomic E-state index is 3.48. The first-order valence-electron chi connectivity index (χ1n) is 13.4. The van der Waals surface area contributed by atoms with Crippen LogP contribution in [0.5, 0.6) is 0 Å². The van der Waals surface area contributed by atoms with Gasteiger partial charge in [0, 0.05) is 0 Å². The predicted molar refractivity (Wildman–Crippen MR) is 172 cm³/mol. The number of benzene rings is 4. The molecule has 0 atom stereocenters. The molecule has 4 aromatic carbocycles. The molecule has 0 aliphatic carbocycles. The van der Waals surface area contributed by atoms with Gasteiger partial charge < -0.3 is 0 Å². The fourth-order valence-electron chi connectivity index (χ4n) is 4.26. The first-order valence-corrected chi connectivity index (χ1v) is 15.2. The minimum atomic E-state index is -0.110. The fourth-order valence-corrected chi connectivity index (χ4v) is 6.19. The average molecular weight is 588 g/mol. The monoisotopic (exact) mass is 588 g/mol. The Hall–Kier alpha value is -4.88. The van der Waals surface area contributed by atoms with E-state index in [1.54, 1.807) is 0 Å². The Morgan fingerprint density at radius 1 is 0.366 bits per heavy atom. The molecule has 0 bridgehead atoms. The maximum atomic E-state index is 3.48. The van der Waals surface area contributed by atoms with Crippen molar-refractivity contribution in [1.82, 2.24) is 0 Å². The predicted octanol–water partition coefficient (Wildman–Crippen LogP) is 7.58. The Morgan fingerprint density at radius 2 is 0.659 bits per heavy atom. The van der Waals surface area contributed by atoms with Gasteiger partial charge in [-0.25, -0.2) is 0 Å². The van der Waals surface area contributed by atoms with Gasteiger partial charge in [-0.2, -0.15) is 0 Å². The van der Waals surface area contributed by atoms with Crippen LogP contribution in [0.4, 0.5) is 0 Å². The van der Waals surface area contributed by atoms with E-state index >= 15 is 0 Å². The molecular weight excluding hydrogens is 559 g/mol. The summed E-state index contributed by atoms with van der Waals surface area (Å²) < 4.78 is 2.03. The van der Waals surface area contributed by atoms with Crippen molar-refractivity contribution < 1.29 is 0 Å². The standard InChI is InChI=1S/C40H28Se/c1-29-9-5-13-33(25-29)17-21-37-38(22-18-34-14-6-10-30(2)26-34)40(24-20-36-16-8-12-32(4)28-36)41-39(37)23-19-35-15-7-11-31(3)27-35/h5-16,25-28H,1-4H3. The third kappa shape index (κ3) is 7.62. The van der Waals surface area contributed by atoms with Crippen molar-refractivity contribution in [2.45, 2.75) is 27.7 Å². The number of aryl methyl sites for hydroxylation is 4. The van der Waals surface area contributed by atoms with E-state index in [9.17, 15) is 0 Å². The summed E-state index contributed by atoms with van der Waals surface area (Å²) in [6.45, 7) is 8.34. The summed E-state index contributed by atoms with van der Waals surface area (Å²) in [7, 11) is 0. The van der Waals surface area contributed by atoms with Crippen molar-refractivity contribution in [2.24, 2.45) is 0 Å². The van der Waals surface area contributed by atoms with Crippen molar-refractivity contribution in [1.29, 1.82) is 0 Å². The van der Waals surface area contributed by atoms with Crippen LogP contribution in [0.3, 0.4) is 0 Å². The van der Waals surface area contributed by atoms with Gasteiger partial charge in [0.2, 0.25) is 0 Å². The van der Waals surface area contributed by atoms with E-state index in [4.69, 9.17) is 0 Å². The molecule has 0 fully saturated rings. The molecule has 0 saturated heterocycles. The Morgan fingerprint density at radius 3 is 0.951 bits per heavy atom. The molecule has 0 aliphatic rings. The second-order valence-corrected chi connectivity index (χ2v) is 12.1. The zero-order chi connectivity index (χ0) is 28.6. The van der Waals surface area contributed by atoms with Crippen LogP contribution in [0.25, 0.3) is 0 Å². The molecule has 0 aliphatic heterocycles. The molecule has 0 saturated carbocycles. The molecule has 41 heavy (non-hydrogen) atoms. The zero-order valence-electron chi connectivity index (χ0n) is 23.6. The third-order valence-corrected chi connectivity index (χ3v) is 8.43. The SMILES string of the molecule is Cc1cccc(C#Cc2[se]c(C#Cc3cccc(C)c3)c(C#Cc3cccc(C)c3)c2C#Cc2cccc(C)c2)c1. The molecule has 0 radical (unpaired) electrons. The summed E-state index contributed by atoms with van der Waals surface area (Å²) in [6.07, 6.45) is 0. The van der Waals surface area contributed by atoms with Gasteiger partial charge in [-0.1, -0.05) is 0 Å². The van der Waals surface area contributed by atoms with Crippen molar-refractivity contribution in [2.75, 3.05) is 0 Å². The Kier molecular flexibility index (Phi) is 8.76. The van der Waals surface area contributed by atoms with Crippen LogP contribution < -0.4 is 0 Å². The minimum absolute atomic E-state index is 0.110. The molecule has 0 N–H and O–H groups in total. The van der Waals surface area contributed by atoms with Gasteiger partial charge in [-0.15, -0.1) is 0 Å². The van der Waals surface area contributed by atoms with Gasteiger partial charge in [0.25, 0.3) is 0 Å². The third-order valence-electron chi connectivity index (χ3n) is 6.28. The van der Waals surface area contributed by atoms with E-state index < -0.39 is 0 Å². The summed E-state index contributed by atoms with van der Waals surface area (Å²) >= 11 is -0.110. The van der Waals surface area contributed by atoms with Crippen LogP contribution in [0, 0.1) is 75.1 Å². The average Bonchev–Trinajstić information content (AvgIpc) is 3.29. The van der Waals surface area contributed by atoms with Crippen LogP contribution in [-0.2, 0) is 0 Å². The summed E-state index contributed by atoms with van der Waals surface area (Å²) in [5.74, 6) is 27.4. The summed E-state index contributed by atoms with van der Waals surface area (Å²) in [5, 5.41) is 0. The van der Waals surface area contributed by atoms with Gasteiger partial charge in [-0.3, -0.25) is 0 Å². The fraction of sp³-hybridized carbons (Fsp3) is 0.100. The molecule has 0 unspecified atom stereocenters. The van der Waals surface area contributed by atoms with Gasteiger partial charge in [-0.05, 0) is 0 Å². The van der Waals surface area contributed by atoms with E-state index in [-0.39, 0.29) is 14.5 Å². The summed E-state index contributed by atoms with van der Waals surface area (Å²) in [6, 6.07) is 33.1. The van der Waals surface area contributed by atoms with E-state index in [0.29, 0.717) is 0 Å². The van der Waals surface area contributed by atoms with Gasteiger partial charge in [0.15, 0.2) is 0 Å². The van der Waals surface area contributed by atoms with Crippen LogP contribution in [0.2, 0.25) is 0 Å². The van der Waals surface area contributed by atoms with Gasteiger partial charge >= 0.3 is 251 Å². The van der Waals surface area contributed by atoms with Crippen molar-refractivity contribution in [3.05, 3.63) is 162 Å². The van der Waals surface area contributed by atoms with Crippen LogP contribution in [-0.4, -0.2) is 14.5 Å². The molecule has 0 spiro atoms. The van der Waals surface area contributed by atoms with Crippen LogP contribution in [0.1, 0.15) is 64.5 Å². The van der Waals surface area contributed by atoms with Crippen LogP contribution >= 0.6 is 0 Å². The molecule has 194 valence electrons. The topological polar surface area (TPSA) is 0 Å². The van der Waals surface area contributed by atoms with E-state index in [2.05, 4.69) is 124 Å². The van der Waals surface area contributed by atoms with E-state index in [1.807, 2.05) is 48.5 Å². The van der Waals surface area contributed by atoms with Crippen LogP contribution in [0.15, 0.2) is 97.1 Å².